The number of hydrogen-bond acceptors (Lipinski definition) is 4. The lowest BCUT2D eigenvalue weighted by Gasteiger charge is -2.41. The zero-order chi connectivity index (χ0) is 18.4. The van der Waals surface area contributed by atoms with Crippen LogP contribution in [0.5, 0.6) is 5.75 Å². The van der Waals surface area contributed by atoms with Crippen LogP contribution in [0.2, 0.25) is 0 Å². The summed E-state index contributed by atoms with van der Waals surface area (Å²) in [6, 6.07) is 3.92. The fourth-order valence-corrected chi connectivity index (χ4v) is 5.42. The SMILES string of the molecule is Cc1ccc2c(c1O)/C1=C/C=C/NC(C)(C)C[C@H](C)C(C)C1[C@H](O)S2. The average molecular weight is 360 g/mol. The van der Waals surface area contributed by atoms with Crippen molar-refractivity contribution in [3.63, 3.8) is 0 Å². The Morgan fingerprint density at radius 1 is 1.24 bits per heavy atom. The number of hydrogen-bond donors (Lipinski definition) is 3. The molecule has 0 aliphatic carbocycles. The molecular formula is C21H29NO2S. The van der Waals surface area contributed by atoms with Gasteiger partial charge < -0.3 is 15.5 Å². The molecule has 3 nitrogen and oxygen atoms in total. The molecule has 0 spiro atoms. The predicted octanol–water partition coefficient (Wildman–Crippen LogP) is 4.68. The highest BCUT2D eigenvalue weighted by atomic mass is 32.2. The van der Waals surface area contributed by atoms with Gasteiger partial charge in [-0.1, -0.05) is 37.8 Å². The lowest BCUT2D eigenvalue weighted by molar-refractivity contribution is 0.145. The van der Waals surface area contributed by atoms with Crippen LogP contribution >= 0.6 is 11.8 Å². The molecule has 4 heteroatoms. The van der Waals surface area contributed by atoms with Gasteiger partial charge >= 0.3 is 0 Å². The molecule has 0 bridgehead atoms. The van der Waals surface area contributed by atoms with Gasteiger partial charge in [-0.05, 0) is 68.5 Å². The minimum absolute atomic E-state index is 0.00116. The highest BCUT2D eigenvalue weighted by Gasteiger charge is 2.40. The van der Waals surface area contributed by atoms with E-state index < -0.39 is 5.44 Å². The normalized spacial score (nSPS) is 34.7. The summed E-state index contributed by atoms with van der Waals surface area (Å²) >= 11 is 1.47. The Morgan fingerprint density at radius 3 is 2.68 bits per heavy atom. The molecular weight excluding hydrogens is 330 g/mol. The molecule has 0 radical (unpaired) electrons. The lowest BCUT2D eigenvalue weighted by Crippen LogP contribution is -2.41. The number of phenolic OH excluding ortho intramolecular Hbond substituents is 1. The Kier molecular flexibility index (Phi) is 4.95. The van der Waals surface area contributed by atoms with E-state index in [4.69, 9.17) is 0 Å². The first-order valence-electron chi connectivity index (χ1n) is 9.03. The molecule has 0 amide bonds. The van der Waals surface area contributed by atoms with Crippen LogP contribution in [-0.2, 0) is 0 Å². The second-order valence-corrected chi connectivity index (χ2v) is 9.35. The minimum Gasteiger partial charge on any atom is -0.507 e. The quantitative estimate of drug-likeness (QED) is 0.629. The minimum atomic E-state index is -0.498. The van der Waals surface area contributed by atoms with Crippen molar-refractivity contribution in [3.05, 3.63) is 41.6 Å². The smallest absolute Gasteiger partial charge is 0.127 e. The van der Waals surface area contributed by atoms with E-state index in [-0.39, 0.29) is 11.5 Å². The molecule has 0 saturated heterocycles. The summed E-state index contributed by atoms with van der Waals surface area (Å²) in [7, 11) is 0. The average Bonchev–Trinajstić information content (AvgIpc) is 2.53. The van der Waals surface area contributed by atoms with E-state index in [9.17, 15) is 10.2 Å². The standard InChI is InChI=1S/C21H29NO2S/c1-12-8-9-16-18(19(12)23)15-7-6-10-22-21(4,5)11-13(2)14(3)17(15)20(24)25-16/h6-10,13-14,17,20,22-24H,11H2,1-5H3/b10-6+,15-7+/t13-,14?,17?,20+/m0/s1. The predicted molar refractivity (Wildman–Crippen MR) is 105 cm³/mol. The van der Waals surface area contributed by atoms with E-state index in [1.54, 1.807) is 0 Å². The Labute approximate surface area is 155 Å². The van der Waals surface area contributed by atoms with Crippen LogP contribution in [0, 0.1) is 24.7 Å². The van der Waals surface area contributed by atoms with E-state index in [2.05, 4.69) is 39.1 Å². The highest BCUT2D eigenvalue weighted by Crippen LogP contribution is 2.52. The van der Waals surface area contributed by atoms with Gasteiger partial charge in [0.25, 0.3) is 0 Å². The van der Waals surface area contributed by atoms with Crippen molar-refractivity contribution in [3.8, 4) is 5.75 Å². The first-order chi connectivity index (χ1) is 11.7. The molecule has 136 valence electrons. The molecule has 25 heavy (non-hydrogen) atoms. The fraction of sp³-hybridized carbons (Fsp3) is 0.524. The van der Waals surface area contributed by atoms with E-state index in [1.807, 2.05) is 31.3 Å². The van der Waals surface area contributed by atoms with Gasteiger partial charge in [0.15, 0.2) is 0 Å². The lowest BCUT2D eigenvalue weighted by atomic mass is 9.73. The van der Waals surface area contributed by atoms with Crippen LogP contribution in [-0.4, -0.2) is 21.2 Å². The summed E-state index contributed by atoms with van der Waals surface area (Å²) in [5, 5.41) is 25.1. The Bertz CT molecular complexity index is 723. The van der Waals surface area contributed by atoms with Crippen molar-refractivity contribution < 1.29 is 10.2 Å². The van der Waals surface area contributed by atoms with Gasteiger partial charge in [-0.25, -0.2) is 0 Å². The number of fused-ring (bicyclic) bond motifs is 3. The number of benzene rings is 1. The van der Waals surface area contributed by atoms with Crippen molar-refractivity contribution >= 4 is 17.3 Å². The summed E-state index contributed by atoms with van der Waals surface area (Å²) in [5.74, 6) is 1.08. The van der Waals surface area contributed by atoms with Crippen molar-refractivity contribution in [2.75, 3.05) is 0 Å². The first kappa shape index (κ1) is 18.4. The first-order valence-corrected chi connectivity index (χ1v) is 9.91. The van der Waals surface area contributed by atoms with E-state index in [0.717, 1.165) is 28.0 Å². The summed E-state index contributed by atoms with van der Waals surface area (Å²) in [6.45, 7) is 10.8. The molecule has 0 aromatic heterocycles. The van der Waals surface area contributed by atoms with Gasteiger partial charge in [0.1, 0.15) is 11.2 Å². The fourth-order valence-electron chi connectivity index (χ4n) is 4.14. The maximum atomic E-state index is 10.9. The maximum absolute atomic E-state index is 10.9. The number of aryl methyl sites for hydroxylation is 1. The van der Waals surface area contributed by atoms with E-state index >= 15 is 0 Å². The molecule has 1 aromatic carbocycles. The number of aromatic hydroxyl groups is 1. The van der Waals surface area contributed by atoms with Gasteiger partial charge in [0.05, 0.1) is 0 Å². The van der Waals surface area contributed by atoms with Crippen molar-refractivity contribution in [1.82, 2.24) is 5.32 Å². The van der Waals surface area contributed by atoms with Crippen molar-refractivity contribution in [1.29, 1.82) is 0 Å². The monoisotopic (exact) mass is 359 g/mol. The largest absolute Gasteiger partial charge is 0.507 e. The molecule has 2 unspecified atom stereocenters. The van der Waals surface area contributed by atoms with Crippen molar-refractivity contribution in [2.24, 2.45) is 17.8 Å². The molecule has 3 rings (SSSR count). The number of allylic oxidation sites excluding steroid dienone is 2. The van der Waals surface area contributed by atoms with Crippen LogP contribution in [0.1, 0.15) is 45.2 Å². The molecule has 2 heterocycles. The number of thioether (sulfide) groups is 1. The second kappa shape index (κ2) is 6.73. The molecule has 0 saturated carbocycles. The molecule has 2 aliphatic heterocycles. The summed E-state index contributed by atoms with van der Waals surface area (Å²) in [4.78, 5) is 0.955. The van der Waals surface area contributed by atoms with Crippen LogP contribution < -0.4 is 5.32 Å². The number of aliphatic hydroxyl groups is 1. The molecule has 0 fully saturated rings. The highest BCUT2D eigenvalue weighted by molar-refractivity contribution is 8.00. The molecule has 4 atom stereocenters. The van der Waals surface area contributed by atoms with Gasteiger partial charge in [-0.3, -0.25) is 0 Å². The number of aliphatic hydroxyl groups excluding tert-OH is 1. The van der Waals surface area contributed by atoms with Crippen LogP contribution in [0.25, 0.3) is 5.57 Å². The van der Waals surface area contributed by atoms with Crippen LogP contribution in [0.3, 0.4) is 0 Å². The van der Waals surface area contributed by atoms with Crippen LogP contribution in [0.15, 0.2) is 35.4 Å². The summed E-state index contributed by atoms with van der Waals surface area (Å²) < 4.78 is 0. The Morgan fingerprint density at radius 2 is 1.96 bits per heavy atom. The van der Waals surface area contributed by atoms with Gasteiger partial charge in [0.2, 0.25) is 0 Å². The number of nitrogens with one attached hydrogen (secondary N) is 1. The van der Waals surface area contributed by atoms with E-state index in [1.165, 1.54) is 11.8 Å². The van der Waals surface area contributed by atoms with Gasteiger partial charge in [-0.15, -0.1) is 0 Å². The second-order valence-electron chi connectivity index (χ2n) is 8.19. The number of rotatable bonds is 0. The molecule has 1 aromatic rings. The Balaban J connectivity index is 2.17. The molecule has 2 aliphatic rings. The third kappa shape index (κ3) is 3.47. The van der Waals surface area contributed by atoms with Crippen molar-refractivity contribution in [2.45, 2.75) is 56.9 Å². The third-order valence-corrected chi connectivity index (χ3v) is 6.82. The van der Waals surface area contributed by atoms with E-state index in [0.29, 0.717) is 17.6 Å². The number of phenols is 1. The maximum Gasteiger partial charge on any atom is 0.127 e. The third-order valence-electron chi connectivity index (χ3n) is 5.69. The summed E-state index contributed by atoms with van der Waals surface area (Å²) in [6.07, 6.45) is 7.06. The summed E-state index contributed by atoms with van der Waals surface area (Å²) in [5.41, 5.74) is 2.32. The van der Waals surface area contributed by atoms with Gasteiger partial charge in [0, 0.05) is 21.9 Å². The Hall–Kier alpha value is -1.39. The zero-order valence-electron chi connectivity index (χ0n) is 15.7. The zero-order valence-corrected chi connectivity index (χ0v) is 16.5. The molecule has 3 N–H and O–H groups in total. The van der Waals surface area contributed by atoms with Crippen LogP contribution in [0.4, 0.5) is 0 Å². The van der Waals surface area contributed by atoms with Gasteiger partial charge in [-0.2, -0.15) is 0 Å². The topological polar surface area (TPSA) is 52.5 Å².